The number of para-hydroxylation sites is 1. The first-order chi connectivity index (χ1) is 7.14. The summed E-state index contributed by atoms with van der Waals surface area (Å²) in [6, 6.07) is 9.27. The molecule has 0 aliphatic heterocycles. The Labute approximate surface area is 90.9 Å². The van der Waals surface area contributed by atoms with Gasteiger partial charge in [0.1, 0.15) is 0 Å². The number of hydrogen-bond donors (Lipinski definition) is 2. The Morgan fingerprint density at radius 2 is 1.87 bits per heavy atom. The lowest BCUT2D eigenvalue weighted by Crippen LogP contribution is -2.47. The molecule has 0 saturated carbocycles. The first-order valence-corrected chi connectivity index (χ1v) is 5.29. The van der Waals surface area contributed by atoms with Gasteiger partial charge in [-0.1, -0.05) is 31.5 Å². The molecule has 2 N–H and O–H groups in total. The third kappa shape index (κ3) is 2.70. The second-order valence-electron chi connectivity index (χ2n) is 4.05. The van der Waals surface area contributed by atoms with Gasteiger partial charge in [-0.3, -0.25) is 5.21 Å². The van der Waals surface area contributed by atoms with E-state index in [1.807, 2.05) is 44.2 Å². The standard InChI is InChI=1S/C12H19NO2/c1-3-9-12(2,10-14)13(15)11-7-5-4-6-8-11/h4-8,14-15H,3,9-10H2,1-2H3. The normalized spacial score (nSPS) is 14.7. The summed E-state index contributed by atoms with van der Waals surface area (Å²) in [5.41, 5.74) is 0.110. The summed E-state index contributed by atoms with van der Waals surface area (Å²) >= 11 is 0. The average molecular weight is 209 g/mol. The summed E-state index contributed by atoms with van der Waals surface area (Å²) in [5.74, 6) is 0. The Kier molecular flexibility index (Phi) is 4.12. The van der Waals surface area contributed by atoms with Gasteiger partial charge in [-0.05, 0) is 25.5 Å². The molecular formula is C12H19NO2. The minimum atomic E-state index is -0.601. The second kappa shape index (κ2) is 5.14. The quantitative estimate of drug-likeness (QED) is 0.732. The molecule has 1 unspecified atom stereocenters. The summed E-state index contributed by atoms with van der Waals surface area (Å²) in [5, 5.41) is 20.6. The van der Waals surface area contributed by atoms with Crippen molar-refractivity contribution in [2.45, 2.75) is 32.2 Å². The predicted molar refractivity (Wildman–Crippen MR) is 61.1 cm³/mol. The molecule has 0 saturated heterocycles. The number of benzene rings is 1. The van der Waals surface area contributed by atoms with Crippen LogP contribution in [0.5, 0.6) is 0 Å². The van der Waals surface area contributed by atoms with Crippen LogP contribution in [-0.4, -0.2) is 22.5 Å². The lowest BCUT2D eigenvalue weighted by Gasteiger charge is -2.36. The van der Waals surface area contributed by atoms with E-state index in [2.05, 4.69) is 0 Å². The molecular weight excluding hydrogens is 190 g/mol. The van der Waals surface area contributed by atoms with Crippen molar-refractivity contribution in [3.05, 3.63) is 30.3 Å². The Morgan fingerprint density at radius 1 is 1.27 bits per heavy atom. The Hall–Kier alpha value is -1.06. The number of anilines is 1. The van der Waals surface area contributed by atoms with Gasteiger partial charge in [-0.25, -0.2) is 5.06 Å². The zero-order valence-electron chi connectivity index (χ0n) is 9.35. The van der Waals surface area contributed by atoms with E-state index in [1.165, 1.54) is 0 Å². The zero-order valence-corrected chi connectivity index (χ0v) is 9.35. The molecule has 84 valence electrons. The van der Waals surface area contributed by atoms with Crippen LogP contribution in [0, 0.1) is 0 Å². The summed E-state index contributed by atoms with van der Waals surface area (Å²) in [7, 11) is 0. The van der Waals surface area contributed by atoms with Crippen LogP contribution >= 0.6 is 0 Å². The van der Waals surface area contributed by atoms with Gasteiger partial charge in [0.15, 0.2) is 0 Å². The molecule has 0 aromatic heterocycles. The highest BCUT2D eigenvalue weighted by Gasteiger charge is 2.29. The maximum absolute atomic E-state index is 10.0. The van der Waals surface area contributed by atoms with Crippen LogP contribution < -0.4 is 5.06 Å². The lowest BCUT2D eigenvalue weighted by atomic mass is 9.96. The van der Waals surface area contributed by atoms with Crippen molar-refractivity contribution in [3.8, 4) is 0 Å². The fourth-order valence-electron chi connectivity index (χ4n) is 1.67. The fraction of sp³-hybridized carbons (Fsp3) is 0.500. The summed E-state index contributed by atoms with van der Waals surface area (Å²) in [6.45, 7) is 3.82. The molecule has 0 spiro atoms. The van der Waals surface area contributed by atoms with Gasteiger partial charge >= 0.3 is 0 Å². The van der Waals surface area contributed by atoms with E-state index in [0.717, 1.165) is 17.9 Å². The van der Waals surface area contributed by atoms with Crippen molar-refractivity contribution in [2.75, 3.05) is 11.7 Å². The first kappa shape index (κ1) is 12.0. The van der Waals surface area contributed by atoms with Crippen molar-refractivity contribution >= 4 is 5.69 Å². The van der Waals surface area contributed by atoms with Crippen LogP contribution in [0.15, 0.2) is 30.3 Å². The van der Waals surface area contributed by atoms with Crippen LogP contribution in [0.1, 0.15) is 26.7 Å². The molecule has 1 aromatic rings. The van der Waals surface area contributed by atoms with Gasteiger partial charge in [0.2, 0.25) is 0 Å². The third-order valence-electron chi connectivity index (χ3n) is 2.64. The van der Waals surface area contributed by atoms with Gasteiger partial charge in [0.25, 0.3) is 0 Å². The van der Waals surface area contributed by atoms with Crippen LogP contribution in [0.3, 0.4) is 0 Å². The van der Waals surface area contributed by atoms with Crippen molar-refractivity contribution in [1.82, 2.24) is 0 Å². The summed E-state index contributed by atoms with van der Waals surface area (Å²) < 4.78 is 0. The smallest absolute Gasteiger partial charge is 0.0873 e. The van der Waals surface area contributed by atoms with Gasteiger partial charge < -0.3 is 5.11 Å². The Morgan fingerprint density at radius 3 is 2.33 bits per heavy atom. The molecule has 1 aromatic carbocycles. The van der Waals surface area contributed by atoms with Gasteiger partial charge in [0.05, 0.1) is 17.8 Å². The molecule has 0 radical (unpaired) electrons. The van der Waals surface area contributed by atoms with E-state index in [-0.39, 0.29) is 6.61 Å². The lowest BCUT2D eigenvalue weighted by molar-refractivity contribution is 0.0930. The molecule has 0 bridgehead atoms. The number of hydrogen-bond acceptors (Lipinski definition) is 3. The molecule has 15 heavy (non-hydrogen) atoms. The minimum Gasteiger partial charge on any atom is -0.394 e. The molecule has 3 heteroatoms. The van der Waals surface area contributed by atoms with Crippen LogP contribution in [0.2, 0.25) is 0 Å². The largest absolute Gasteiger partial charge is 0.394 e. The van der Waals surface area contributed by atoms with Crippen molar-refractivity contribution in [3.63, 3.8) is 0 Å². The molecule has 1 rings (SSSR count). The fourth-order valence-corrected chi connectivity index (χ4v) is 1.67. The monoisotopic (exact) mass is 209 g/mol. The zero-order chi connectivity index (χ0) is 11.3. The first-order valence-electron chi connectivity index (χ1n) is 5.29. The number of aliphatic hydroxyl groups excluding tert-OH is 1. The molecule has 3 nitrogen and oxygen atoms in total. The summed E-state index contributed by atoms with van der Waals surface area (Å²) in [6.07, 6.45) is 1.66. The molecule has 0 aliphatic rings. The third-order valence-corrected chi connectivity index (χ3v) is 2.64. The van der Waals surface area contributed by atoms with E-state index >= 15 is 0 Å². The van der Waals surface area contributed by atoms with Gasteiger partial charge in [0, 0.05) is 0 Å². The number of rotatable bonds is 5. The SMILES string of the molecule is CCCC(C)(CO)N(O)c1ccccc1. The van der Waals surface area contributed by atoms with Crippen LogP contribution in [0.25, 0.3) is 0 Å². The second-order valence-corrected chi connectivity index (χ2v) is 4.05. The minimum absolute atomic E-state index is 0.0633. The molecule has 0 fully saturated rings. The Balaban J connectivity index is 2.86. The number of aliphatic hydroxyl groups is 1. The number of nitrogens with zero attached hydrogens (tertiary/aromatic N) is 1. The van der Waals surface area contributed by atoms with Gasteiger partial charge in [-0.2, -0.15) is 0 Å². The average Bonchev–Trinajstić information content (AvgIpc) is 2.29. The number of hydroxylamine groups is 1. The molecule has 0 amide bonds. The molecule has 0 aliphatic carbocycles. The van der Waals surface area contributed by atoms with E-state index in [1.54, 1.807) is 0 Å². The maximum atomic E-state index is 10.0. The maximum Gasteiger partial charge on any atom is 0.0873 e. The van der Waals surface area contributed by atoms with Crippen molar-refractivity contribution in [1.29, 1.82) is 0 Å². The van der Waals surface area contributed by atoms with Gasteiger partial charge in [-0.15, -0.1) is 0 Å². The highest BCUT2D eigenvalue weighted by molar-refractivity contribution is 5.45. The van der Waals surface area contributed by atoms with Crippen LogP contribution in [-0.2, 0) is 0 Å². The summed E-state index contributed by atoms with van der Waals surface area (Å²) in [4.78, 5) is 0. The highest BCUT2D eigenvalue weighted by Crippen LogP contribution is 2.25. The van der Waals surface area contributed by atoms with E-state index in [9.17, 15) is 10.3 Å². The van der Waals surface area contributed by atoms with Crippen molar-refractivity contribution in [2.24, 2.45) is 0 Å². The topological polar surface area (TPSA) is 43.7 Å². The van der Waals surface area contributed by atoms with E-state index in [0.29, 0.717) is 5.69 Å². The predicted octanol–water partition coefficient (Wildman–Crippen LogP) is 2.43. The molecule has 1 atom stereocenters. The highest BCUT2D eigenvalue weighted by atomic mass is 16.5. The molecule has 0 heterocycles. The van der Waals surface area contributed by atoms with E-state index < -0.39 is 5.54 Å². The van der Waals surface area contributed by atoms with Crippen LogP contribution in [0.4, 0.5) is 5.69 Å². The Bertz CT molecular complexity index is 289. The van der Waals surface area contributed by atoms with Crippen molar-refractivity contribution < 1.29 is 10.3 Å². The van der Waals surface area contributed by atoms with E-state index in [4.69, 9.17) is 0 Å².